The van der Waals surface area contributed by atoms with Crippen molar-refractivity contribution in [3.63, 3.8) is 0 Å². The second-order valence-corrected chi connectivity index (χ2v) is 5.00. The highest BCUT2D eigenvalue weighted by Gasteiger charge is 2.25. The zero-order chi connectivity index (χ0) is 12.3. The molecule has 1 aliphatic rings. The van der Waals surface area contributed by atoms with Gasteiger partial charge in [0.2, 0.25) is 0 Å². The van der Waals surface area contributed by atoms with Crippen LogP contribution in [0.1, 0.15) is 24.5 Å². The summed E-state index contributed by atoms with van der Waals surface area (Å²) >= 11 is 0. The Balaban J connectivity index is 1.89. The topological polar surface area (TPSA) is 43.7 Å². The van der Waals surface area contributed by atoms with Crippen LogP contribution in [0, 0.1) is 5.92 Å². The second kappa shape index (κ2) is 5.63. The van der Waals surface area contributed by atoms with E-state index in [4.69, 9.17) is 5.11 Å². The fourth-order valence-electron chi connectivity index (χ4n) is 2.41. The van der Waals surface area contributed by atoms with Crippen molar-refractivity contribution in [2.24, 2.45) is 5.92 Å². The van der Waals surface area contributed by atoms with Crippen LogP contribution in [0.2, 0.25) is 0 Å². The number of aliphatic hydroxyl groups is 2. The van der Waals surface area contributed by atoms with Gasteiger partial charge in [-0.15, -0.1) is 0 Å². The Labute approximate surface area is 103 Å². The van der Waals surface area contributed by atoms with Crippen LogP contribution >= 0.6 is 0 Å². The standard InChI is InChI=1S/C14H21NO2/c1-11(17)14-6-7-15(9-14)8-12-2-4-13(10-16)5-3-12/h2-5,11,14,16-17H,6-10H2,1H3. The molecule has 2 N–H and O–H groups in total. The van der Waals surface area contributed by atoms with Crippen LogP contribution in [0.3, 0.4) is 0 Å². The fourth-order valence-corrected chi connectivity index (χ4v) is 2.41. The zero-order valence-electron chi connectivity index (χ0n) is 10.3. The molecular weight excluding hydrogens is 214 g/mol. The SMILES string of the molecule is CC(O)C1CCN(Cc2ccc(CO)cc2)C1. The third-order valence-corrected chi connectivity index (χ3v) is 3.60. The van der Waals surface area contributed by atoms with E-state index in [1.165, 1.54) is 5.56 Å². The lowest BCUT2D eigenvalue weighted by atomic mass is 10.0. The molecule has 1 heterocycles. The molecular formula is C14H21NO2. The number of nitrogens with zero attached hydrogens (tertiary/aromatic N) is 1. The lowest BCUT2D eigenvalue weighted by Gasteiger charge is -2.17. The van der Waals surface area contributed by atoms with Gasteiger partial charge >= 0.3 is 0 Å². The van der Waals surface area contributed by atoms with Gasteiger partial charge in [0.25, 0.3) is 0 Å². The van der Waals surface area contributed by atoms with E-state index in [-0.39, 0.29) is 12.7 Å². The van der Waals surface area contributed by atoms with Crippen molar-refractivity contribution in [2.75, 3.05) is 13.1 Å². The minimum Gasteiger partial charge on any atom is -0.393 e. The molecule has 3 nitrogen and oxygen atoms in total. The molecule has 2 rings (SSSR count). The fraction of sp³-hybridized carbons (Fsp3) is 0.571. The summed E-state index contributed by atoms with van der Waals surface area (Å²) < 4.78 is 0. The third kappa shape index (κ3) is 3.28. The number of benzene rings is 1. The first-order chi connectivity index (χ1) is 8.19. The predicted octanol–water partition coefficient (Wildman–Crippen LogP) is 1.38. The summed E-state index contributed by atoms with van der Waals surface area (Å²) in [5.41, 5.74) is 2.23. The molecule has 94 valence electrons. The van der Waals surface area contributed by atoms with E-state index in [0.717, 1.165) is 31.6 Å². The maximum atomic E-state index is 9.55. The molecule has 1 fully saturated rings. The highest BCUT2D eigenvalue weighted by atomic mass is 16.3. The van der Waals surface area contributed by atoms with Gasteiger partial charge < -0.3 is 10.2 Å². The van der Waals surface area contributed by atoms with Crippen molar-refractivity contribution in [2.45, 2.75) is 32.6 Å². The minimum absolute atomic E-state index is 0.105. The smallest absolute Gasteiger partial charge is 0.0681 e. The Bertz CT molecular complexity index is 348. The van der Waals surface area contributed by atoms with Crippen LogP contribution in [0.5, 0.6) is 0 Å². The average molecular weight is 235 g/mol. The molecule has 0 aliphatic carbocycles. The van der Waals surface area contributed by atoms with Gasteiger partial charge in [0.15, 0.2) is 0 Å². The van der Waals surface area contributed by atoms with E-state index < -0.39 is 0 Å². The lowest BCUT2D eigenvalue weighted by molar-refractivity contribution is 0.127. The molecule has 17 heavy (non-hydrogen) atoms. The quantitative estimate of drug-likeness (QED) is 0.828. The van der Waals surface area contributed by atoms with Crippen LogP contribution in [0.4, 0.5) is 0 Å². The first kappa shape index (κ1) is 12.6. The Morgan fingerprint density at radius 1 is 1.29 bits per heavy atom. The Kier molecular flexibility index (Phi) is 4.15. The first-order valence-corrected chi connectivity index (χ1v) is 6.28. The molecule has 3 heteroatoms. The van der Waals surface area contributed by atoms with E-state index >= 15 is 0 Å². The van der Waals surface area contributed by atoms with Gasteiger partial charge in [-0.25, -0.2) is 0 Å². The van der Waals surface area contributed by atoms with E-state index in [0.29, 0.717) is 5.92 Å². The summed E-state index contributed by atoms with van der Waals surface area (Å²) in [6, 6.07) is 8.08. The van der Waals surface area contributed by atoms with Crippen molar-refractivity contribution >= 4 is 0 Å². The van der Waals surface area contributed by atoms with Crippen molar-refractivity contribution in [3.05, 3.63) is 35.4 Å². The van der Waals surface area contributed by atoms with Gasteiger partial charge in [-0.3, -0.25) is 4.90 Å². The summed E-state index contributed by atoms with van der Waals surface area (Å²) in [6.07, 6.45) is 0.892. The van der Waals surface area contributed by atoms with E-state index in [1.807, 2.05) is 19.1 Å². The van der Waals surface area contributed by atoms with Crippen molar-refractivity contribution in [3.8, 4) is 0 Å². The molecule has 0 spiro atoms. The lowest BCUT2D eigenvalue weighted by Crippen LogP contribution is -2.23. The van der Waals surface area contributed by atoms with Gasteiger partial charge in [-0.2, -0.15) is 0 Å². The van der Waals surface area contributed by atoms with Crippen LogP contribution in [0.15, 0.2) is 24.3 Å². The van der Waals surface area contributed by atoms with E-state index in [9.17, 15) is 5.11 Å². The molecule has 1 aromatic rings. The van der Waals surface area contributed by atoms with Crippen LogP contribution < -0.4 is 0 Å². The highest BCUT2D eigenvalue weighted by molar-refractivity contribution is 5.22. The van der Waals surface area contributed by atoms with Gasteiger partial charge in [-0.05, 0) is 36.9 Å². The summed E-state index contributed by atoms with van der Waals surface area (Å²) in [7, 11) is 0. The van der Waals surface area contributed by atoms with Crippen LogP contribution in [-0.2, 0) is 13.2 Å². The van der Waals surface area contributed by atoms with Crippen molar-refractivity contribution in [1.82, 2.24) is 4.90 Å². The van der Waals surface area contributed by atoms with Gasteiger partial charge in [0.1, 0.15) is 0 Å². The van der Waals surface area contributed by atoms with Crippen LogP contribution in [0.25, 0.3) is 0 Å². The molecule has 2 unspecified atom stereocenters. The van der Waals surface area contributed by atoms with Gasteiger partial charge in [0.05, 0.1) is 12.7 Å². The van der Waals surface area contributed by atoms with Gasteiger partial charge in [0, 0.05) is 13.1 Å². The molecule has 0 amide bonds. The Hall–Kier alpha value is -0.900. The highest BCUT2D eigenvalue weighted by Crippen LogP contribution is 2.21. The maximum Gasteiger partial charge on any atom is 0.0681 e. The number of hydrogen-bond acceptors (Lipinski definition) is 3. The first-order valence-electron chi connectivity index (χ1n) is 6.28. The monoisotopic (exact) mass is 235 g/mol. The van der Waals surface area contributed by atoms with Crippen molar-refractivity contribution < 1.29 is 10.2 Å². The molecule has 0 aromatic heterocycles. The van der Waals surface area contributed by atoms with Crippen molar-refractivity contribution in [1.29, 1.82) is 0 Å². The maximum absolute atomic E-state index is 9.55. The average Bonchev–Trinajstić information content (AvgIpc) is 2.79. The summed E-state index contributed by atoms with van der Waals surface area (Å²) in [6.45, 7) is 4.98. The Morgan fingerprint density at radius 3 is 2.47 bits per heavy atom. The number of aliphatic hydroxyl groups excluding tert-OH is 2. The van der Waals surface area contributed by atoms with Crippen LogP contribution in [-0.4, -0.2) is 34.3 Å². The van der Waals surface area contributed by atoms with E-state index in [1.54, 1.807) is 0 Å². The normalized spacial score (nSPS) is 22.9. The number of likely N-dealkylation sites (tertiary alicyclic amines) is 1. The molecule has 1 saturated heterocycles. The summed E-state index contributed by atoms with van der Waals surface area (Å²) in [5, 5.41) is 18.5. The predicted molar refractivity (Wildman–Crippen MR) is 67.4 cm³/mol. The number of hydrogen-bond donors (Lipinski definition) is 2. The molecule has 2 atom stereocenters. The zero-order valence-corrected chi connectivity index (χ0v) is 10.3. The van der Waals surface area contributed by atoms with Gasteiger partial charge in [-0.1, -0.05) is 24.3 Å². The largest absolute Gasteiger partial charge is 0.393 e. The molecule has 1 aliphatic heterocycles. The second-order valence-electron chi connectivity index (χ2n) is 5.00. The molecule has 0 bridgehead atoms. The molecule has 1 aromatic carbocycles. The summed E-state index contributed by atoms with van der Waals surface area (Å²) in [5.74, 6) is 0.423. The van der Waals surface area contributed by atoms with E-state index in [2.05, 4.69) is 17.0 Å². The molecule has 0 radical (unpaired) electrons. The Morgan fingerprint density at radius 2 is 1.94 bits per heavy atom. The summed E-state index contributed by atoms with van der Waals surface area (Å²) in [4.78, 5) is 2.38. The molecule has 0 saturated carbocycles. The third-order valence-electron chi connectivity index (χ3n) is 3.60. The number of rotatable bonds is 4. The minimum atomic E-state index is -0.197.